The van der Waals surface area contributed by atoms with Crippen molar-refractivity contribution in [2.24, 2.45) is 5.92 Å². The van der Waals surface area contributed by atoms with Crippen LogP contribution in [-0.4, -0.2) is 0 Å². The smallest absolute Gasteiger partial charge is 0.00975 e. The summed E-state index contributed by atoms with van der Waals surface area (Å²) in [7, 11) is 0. The molecule has 1 saturated carbocycles. The Morgan fingerprint density at radius 1 is 0.938 bits per heavy atom. The normalized spacial score (nSPS) is 18.0. The fourth-order valence-corrected chi connectivity index (χ4v) is 2.55. The average molecular weight is 214 g/mol. The Morgan fingerprint density at radius 2 is 1.69 bits per heavy atom. The average Bonchev–Trinajstić information content (AvgIpc) is 2.37. The summed E-state index contributed by atoms with van der Waals surface area (Å²) in [6, 6.07) is 10.7. The Kier molecular flexibility index (Phi) is 4.67. The third-order valence-corrected chi connectivity index (χ3v) is 3.56. The zero-order chi connectivity index (χ0) is 11.1. The van der Waals surface area contributed by atoms with Gasteiger partial charge in [0.25, 0.3) is 0 Å². The van der Waals surface area contributed by atoms with Crippen LogP contribution in [0.15, 0.2) is 42.5 Å². The summed E-state index contributed by atoms with van der Waals surface area (Å²) in [6.07, 6.45) is 14.4. The Hall–Kier alpha value is -1.04. The number of benzene rings is 1. The summed E-state index contributed by atoms with van der Waals surface area (Å²) in [6.45, 7) is 0. The molecule has 0 unspecified atom stereocenters. The van der Waals surface area contributed by atoms with Gasteiger partial charge in [0.1, 0.15) is 0 Å². The first-order valence-corrected chi connectivity index (χ1v) is 6.64. The van der Waals surface area contributed by atoms with Gasteiger partial charge in [-0.25, -0.2) is 0 Å². The van der Waals surface area contributed by atoms with Gasteiger partial charge in [-0.05, 0) is 24.3 Å². The minimum absolute atomic E-state index is 0.973. The maximum atomic E-state index is 2.39. The fraction of sp³-hybridized carbons (Fsp3) is 0.500. The molecule has 0 N–H and O–H groups in total. The van der Waals surface area contributed by atoms with Gasteiger partial charge in [-0.3, -0.25) is 0 Å². The van der Waals surface area contributed by atoms with Crippen LogP contribution < -0.4 is 0 Å². The topological polar surface area (TPSA) is 0 Å². The number of hydrogen-bond acceptors (Lipinski definition) is 0. The summed E-state index contributed by atoms with van der Waals surface area (Å²) >= 11 is 0. The van der Waals surface area contributed by atoms with Gasteiger partial charge in [0.05, 0.1) is 0 Å². The number of rotatable bonds is 4. The maximum absolute atomic E-state index is 2.39. The third-order valence-electron chi connectivity index (χ3n) is 3.56. The molecule has 2 rings (SSSR count). The van der Waals surface area contributed by atoms with Crippen LogP contribution in [0.25, 0.3) is 0 Å². The maximum Gasteiger partial charge on any atom is -0.00975 e. The molecule has 1 fully saturated rings. The molecule has 0 nitrogen and oxygen atoms in total. The molecule has 1 aromatic rings. The molecule has 0 saturated heterocycles. The quantitative estimate of drug-likeness (QED) is 0.634. The molecule has 0 radical (unpaired) electrons. The fourth-order valence-electron chi connectivity index (χ4n) is 2.55. The number of allylic oxidation sites excluding steroid dienone is 2. The van der Waals surface area contributed by atoms with Crippen molar-refractivity contribution in [2.75, 3.05) is 0 Å². The van der Waals surface area contributed by atoms with Crippen LogP contribution in [0.4, 0.5) is 0 Å². The second-order valence-electron chi connectivity index (χ2n) is 4.90. The summed E-state index contributed by atoms with van der Waals surface area (Å²) in [4.78, 5) is 0. The molecule has 0 atom stereocenters. The zero-order valence-corrected chi connectivity index (χ0v) is 10.1. The van der Waals surface area contributed by atoms with Crippen molar-refractivity contribution < 1.29 is 0 Å². The molecule has 1 aromatic carbocycles. The molecule has 1 aliphatic rings. The molecular formula is C16H22. The van der Waals surface area contributed by atoms with Crippen molar-refractivity contribution in [1.29, 1.82) is 0 Å². The van der Waals surface area contributed by atoms with Crippen molar-refractivity contribution in [3.8, 4) is 0 Å². The van der Waals surface area contributed by atoms with Crippen LogP contribution in [0, 0.1) is 5.92 Å². The van der Waals surface area contributed by atoms with E-state index in [1.165, 1.54) is 44.1 Å². The van der Waals surface area contributed by atoms with Crippen molar-refractivity contribution in [2.45, 2.75) is 44.9 Å². The molecule has 0 spiro atoms. The highest BCUT2D eigenvalue weighted by Crippen LogP contribution is 2.26. The lowest BCUT2D eigenvalue weighted by Gasteiger charge is -2.19. The first-order valence-electron chi connectivity index (χ1n) is 6.64. The van der Waals surface area contributed by atoms with Gasteiger partial charge in [-0.15, -0.1) is 0 Å². The third kappa shape index (κ3) is 3.84. The summed E-state index contributed by atoms with van der Waals surface area (Å²) in [5.74, 6) is 0.973. The van der Waals surface area contributed by atoms with E-state index in [4.69, 9.17) is 0 Å². The molecule has 0 bridgehead atoms. The minimum atomic E-state index is 0.973. The van der Waals surface area contributed by atoms with E-state index in [0.717, 1.165) is 12.3 Å². The highest BCUT2D eigenvalue weighted by Gasteiger charge is 2.10. The van der Waals surface area contributed by atoms with E-state index < -0.39 is 0 Å². The van der Waals surface area contributed by atoms with E-state index in [0.29, 0.717) is 0 Å². The van der Waals surface area contributed by atoms with E-state index in [9.17, 15) is 0 Å². The molecule has 0 heterocycles. The Bertz CT molecular complexity index is 304. The Balaban J connectivity index is 1.69. The van der Waals surface area contributed by atoms with Gasteiger partial charge in [0.2, 0.25) is 0 Å². The van der Waals surface area contributed by atoms with E-state index in [2.05, 4.69) is 42.5 Å². The Labute approximate surface area is 99.4 Å². The molecule has 0 amide bonds. The lowest BCUT2D eigenvalue weighted by atomic mass is 9.87. The predicted molar refractivity (Wildman–Crippen MR) is 70.5 cm³/mol. The second-order valence-corrected chi connectivity index (χ2v) is 4.90. The van der Waals surface area contributed by atoms with Crippen LogP contribution in [0.1, 0.15) is 44.1 Å². The van der Waals surface area contributed by atoms with E-state index in [1.807, 2.05) is 0 Å². The van der Waals surface area contributed by atoms with E-state index >= 15 is 0 Å². The van der Waals surface area contributed by atoms with E-state index in [-0.39, 0.29) is 0 Å². The van der Waals surface area contributed by atoms with Crippen LogP contribution in [0.3, 0.4) is 0 Å². The van der Waals surface area contributed by atoms with Crippen LogP contribution >= 0.6 is 0 Å². The Morgan fingerprint density at radius 3 is 2.44 bits per heavy atom. The molecule has 86 valence electrons. The second kappa shape index (κ2) is 6.52. The van der Waals surface area contributed by atoms with E-state index in [1.54, 1.807) is 0 Å². The van der Waals surface area contributed by atoms with Crippen molar-refractivity contribution >= 4 is 0 Å². The van der Waals surface area contributed by atoms with Gasteiger partial charge in [0.15, 0.2) is 0 Å². The SMILES string of the molecule is C(=CCC1CCCCC1)Cc1ccccc1. The lowest BCUT2D eigenvalue weighted by Crippen LogP contribution is -2.04. The van der Waals surface area contributed by atoms with Gasteiger partial charge in [-0.2, -0.15) is 0 Å². The number of hydrogen-bond donors (Lipinski definition) is 0. The monoisotopic (exact) mass is 214 g/mol. The van der Waals surface area contributed by atoms with Gasteiger partial charge in [0, 0.05) is 0 Å². The summed E-state index contributed by atoms with van der Waals surface area (Å²) < 4.78 is 0. The van der Waals surface area contributed by atoms with Gasteiger partial charge < -0.3 is 0 Å². The van der Waals surface area contributed by atoms with Gasteiger partial charge >= 0.3 is 0 Å². The summed E-state index contributed by atoms with van der Waals surface area (Å²) in [5.41, 5.74) is 1.42. The summed E-state index contributed by atoms with van der Waals surface area (Å²) in [5, 5.41) is 0. The zero-order valence-electron chi connectivity index (χ0n) is 10.1. The predicted octanol–water partition coefficient (Wildman–Crippen LogP) is 4.76. The highest BCUT2D eigenvalue weighted by atomic mass is 14.2. The first-order chi connectivity index (χ1) is 7.95. The molecule has 0 aliphatic heterocycles. The van der Waals surface area contributed by atoms with Crippen molar-refractivity contribution in [1.82, 2.24) is 0 Å². The molecule has 16 heavy (non-hydrogen) atoms. The first kappa shape index (κ1) is 11.4. The van der Waals surface area contributed by atoms with Crippen molar-refractivity contribution in [3.63, 3.8) is 0 Å². The highest BCUT2D eigenvalue weighted by molar-refractivity contribution is 5.17. The standard InChI is InChI=1S/C16H22/c1-3-9-15(10-4-1)13-7-8-14-16-11-5-2-6-12-16/h1,3-4,7-10,16H,2,5-6,11-14H2. The van der Waals surface area contributed by atoms with Crippen LogP contribution in [-0.2, 0) is 6.42 Å². The molecule has 1 aliphatic carbocycles. The molecular weight excluding hydrogens is 192 g/mol. The van der Waals surface area contributed by atoms with Crippen LogP contribution in [0.2, 0.25) is 0 Å². The molecule has 0 aromatic heterocycles. The molecule has 0 heteroatoms. The van der Waals surface area contributed by atoms with Crippen LogP contribution in [0.5, 0.6) is 0 Å². The largest absolute Gasteiger partial charge is 0.0879 e. The van der Waals surface area contributed by atoms with Crippen molar-refractivity contribution in [3.05, 3.63) is 48.0 Å². The van der Waals surface area contributed by atoms with Gasteiger partial charge in [-0.1, -0.05) is 74.6 Å². The minimum Gasteiger partial charge on any atom is -0.0879 e. The lowest BCUT2D eigenvalue weighted by molar-refractivity contribution is 0.361.